The second kappa shape index (κ2) is 7.76. The number of aromatic nitrogens is 2. The van der Waals surface area contributed by atoms with E-state index in [-0.39, 0.29) is 18.1 Å². The molecular weight excluding hydrogens is 345 g/mol. The Hall–Kier alpha value is -2.25. The molecular formula is C17H19ClFN5O. The summed E-state index contributed by atoms with van der Waals surface area (Å²) in [5.74, 6) is 0.776. The molecule has 0 spiro atoms. The van der Waals surface area contributed by atoms with Gasteiger partial charge in [0.1, 0.15) is 22.6 Å². The molecule has 1 saturated heterocycles. The van der Waals surface area contributed by atoms with E-state index in [1.807, 2.05) is 4.90 Å². The number of anilines is 2. The van der Waals surface area contributed by atoms with Crippen LogP contribution < -0.4 is 10.2 Å². The van der Waals surface area contributed by atoms with Crippen LogP contribution in [0.5, 0.6) is 0 Å². The highest BCUT2D eigenvalue weighted by Gasteiger charge is 2.21. The summed E-state index contributed by atoms with van der Waals surface area (Å²) in [6.45, 7) is 4.93. The van der Waals surface area contributed by atoms with Crippen molar-refractivity contribution >= 4 is 29.0 Å². The zero-order valence-electron chi connectivity index (χ0n) is 13.9. The smallest absolute Gasteiger partial charge is 0.238 e. The minimum absolute atomic E-state index is 0.206. The zero-order chi connectivity index (χ0) is 17.8. The topological polar surface area (TPSA) is 61.4 Å². The summed E-state index contributed by atoms with van der Waals surface area (Å²) in [5.41, 5.74) is 0.206. The van der Waals surface area contributed by atoms with Crippen LogP contribution >= 0.6 is 11.6 Å². The second-order valence-electron chi connectivity index (χ2n) is 5.89. The highest BCUT2D eigenvalue weighted by molar-refractivity contribution is 6.29. The fourth-order valence-corrected chi connectivity index (χ4v) is 2.99. The zero-order valence-corrected chi connectivity index (χ0v) is 14.6. The summed E-state index contributed by atoms with van der Waals surface area (Å²) in [5, 5.41) is 3.03. The van der Waals surface area contributed by atoms with Crippen LogP contribution in [0.15, 0.2) is 30.3 Å². The Labute approximate surface area is 150 Å². The number of nitrogens with zero attached hydrogens (tertiary/aromatic N) is 4. The number of hydrogen-bond acceptors (Lipinski definition) is 5. The Morgan fingerprint density at radius 1 is 1.24 bits per heavy atom. The number of carbonyl (C=O) groups is 1. The van der Waals surface area contributed by atoms with E-state index in [9.17, 15) is 9.18 Å². The molecule has 8 heteroatoms. The summed E-state index contributed by atoms with van der Waals surface area (Å²) in [6.07, 6.45) is 0. The number of carbonyl (C=O) groups excluding carboxylic acids is 1. The van der Waals surface area contributed by atoms with E-state index in [1.165, 1.54) is 6.07 Å². The summed E-state index contributed by atoms with van der Waals surface area (Å²) in [4.78, 5) is 24.7. The van der Waals surface area contributed by atoms with E-state index >= 15 is 0 Å². The fourth-order valence-electron chi connectivity index (χ4n) is 2.77. The monoisotopic (exact) mass is 363 g/mol. The SMILES string of the molecule is Cc1nc(Cl)cc(N2CCN(CC(=O)Nc3ccccc3F)CC2)n1. The molecule has 2 heterocycles. The number of hydrogen-bond donors (Lipinski definition) is 1. The molecule has 1 N–H and O–H groups in total. The minimum atomic E-state index is -0.434. The Kier molecular flexibility index (Phi) is 5.45. The van der Waals surface area contributed by atoms with Gasteiger partial charge in [0.15, 0.2) is 0 Å². The average Bonchev–Trinajstić information content (AvgIpc) is 2.57. The van der Waals surface area contributed by atoms with E-state index < -0.39 is 5.82 Å². The highest BCUT2D eigenvalue weighted by Crippen LogP contribution is 2.18. The molecule has 1 aromatic carbocycles. The molecule has 0 atom stereocenters. The first kappa shape index (κ1) is 17.6. The van der Waals surface area contributed by atoms with Crippen molar-refractivity contribution < 1.29 is 9.18 Å². The fraction of sp³-hybridized carbons (Fsp3) is 0.353. The van der Waals surface area contributed by atoms with E-state index in [4.69, 9.17) is 11.6 Å². The third-order valence-corrected chi connectivity index (χ3v) is 4.20. The van der Waals surface area contributed by atoms with Gasteiger partial charge in [-0.15, -0.1) is 0 Å². The van der Waals surface area contributed by atoms with Crippen molar-refractivity contribution in [3.63, 3.8) is 0 Å². The molecule has 2 aromatic rings. The predicted molar refractivity (Wildman–Crippen MR) is 95.5 cm³/mol. The lowest BCUT2D eigenvalue weighted by molar-refractivity contribution is -0.117. The van der Waals surface area contributed by atoms with Crippen LogP contribution in [-0.2, 0) is 4.79 Å². The van der Waals surface area contributed by atoms with Gasteiger partial charge >= 0.3 is 0 Å². The molecule has 1 fully saturated rings. The number of nitrogens with one attached hydrogen (secondary N) is 1. The summed E-state index contributed by atoms with van der Waals surface area (Å²) < 4.78 is 13.6. The first-order chi connectivity index (χ1) is 12.0. The predicted octanol–water partition coefficient (Wildman–Crippen LogP) is 2.34. The van der Waals surface area contributed by atoms with Gasteiger partial charge < -0.3 is 10.2 Å². The number of halogens is 2. The molecule has 1 aliphatic rings. The largest absolute Gasteiger partial charge is 0.354 e. The maximum absolute atomic E-state index is 13.6. The van der Waals surface area contributed by atoms with E-state index in [0.717, 1.165) is 18.9 Å². The van der Waals surface area contributed by atoms with Crippen LogP contribution in [0.4, 0.5) is 15.9 Å². The van der Waals surface area contributed by atoms with Crippen LogP contribution in [0, 0.1) is 12.7 Å². The normalized spacial score (nSPS) is 15.2. The Morgan fingerprint density at radius 2 is 1.96 bits per heavy atom. The van der Waals surface area contributed by atoms with Gasteiger partial charge in [-0.2, -0.15) is 0 Å². The van der Waals surface area contributed by atoms with E-state index in [0.29, 0.717) is 24.1 Å². The summed E-state index contributed by atoms with van der Waals surface area (Å²) >= 11 is 5.98. The highest BCUT2D eigenvalue weighted by atomic mass is 35.5. The van der Waals surface area contributed by atoms with Crippen LogP contribution in [0.25, 0.3) is 0 Å². The average molecular weight is 364 g/mol. The molecule has 25 heavy (non-hydrogen) atoms. The second-order valence-corrected chi connectivity index (χ2v) is 6.27. The van der Waals surface area contributed by atoms with Crippen LogP contribution in [-0.4, -0.2) is 53.5 Å². The third kappa shape index (κ3) is 4.64. The standard InChI is InChI=1S/C17H19ClFN5O/c1-12-20-15(18)10-16(21-12)24-8-6-23(7-9-24)11-17(25)22-14-5-3-2-4-13(14)19/h2-5,10H,6-9,11H2,1H3,(H,22,25). The number of para-hydroxylation sites is 1. The number of benzene rings is 1. The van der Waals surface area contributed by atoms with Crippen molar-refractivity contribution in [1.82, 2.24) is 14.9 Å². The van der Waals surface area contributed by atoms with Crippen molar-refractivity contribution in [2.75, 3.05) is 42.9 Å². The van der Waals surface area contributed by atoms with E-state index in [1.54, 1.807) is 31.2 Å². The molecule has 6 nitrogen and oxygen atoms in total. The lowest BCUT2D eigenvalue weighted by Gasteiger charge is -2.35. The molecule has 132 valence electrons. The molecule has 3 rings (SSSR count). The maximum Gasteiger partial charge on any atom is 0.238 e. The lowest BCUT2D eigenvalue weighted by Crippen LogP contribution is -2.49. The Morgan fingerprint density at radius 3 is 2.64 bits per heavy atom. The lowest BCUT2D eigenvalue weighted by atomic mass is 10.3. The summed E-state index contributed by atoms with van der Waals surface area (Å²) in [7, 11) is 0. The molecule has 1 aliphatic heterocycles. The van der Waals surface area contributed by atoms with Crippen molar-refractivity contribution in [3.8, 4) is 0 Å². The van der Waals surface area contributed by atoms with Gasteiger partial charge in [-0.25, -0.2) is 14.4 Å². The van der Waals surface area contributed by atoms with E-state index in [2.05, 4.69) is 20.2 Å². The van der Waals surface area contributed by atoms with Gasteiger partial charge in [0.25, 0.3) is 0 Å². The molecule has 0 radical (unpaired) electrons. The van der Waals surface area contributed by atoms with Crippen molar-refractivity contribution in [1.29, 1.82) is 0 Å². The molecule has 0 aliphatic carbocycles. The number of rotatable bonds is 4. The van der Waals surface area contributed by atoms with Gasteiger partial charge in [-0.05, 0) is 19.1 Å². The number of piperazine rings is 1. The quantitative estimate of drug-likeness (QED) is 0.845. The Bertz CT molecular complexity index is 744. The van der Waals surface area contributed by atoms with Gasteiger partial charge in [0.05, 0.1) is 12.2 Å². The van der Waals surface area contributed by atoms with Gasteiger partial charge in [0, 0.05) is 32.2 Å². The number of aryl methyl sites for hydroxylation is 1. The first-order valence-corrected chi connectivity index (χ1v) is 8.42. The maximum atomic E-state index is 13.6. The minimum Gasteiger partial charge on any atom is -0.354 e. The van der Waals surface area contributed by atoms with Crippen molar-refractivity contribution in [2.45, 2.75) is 6.92 Å². The van der Waals surface area contributed by atoms with Crippen molar-refractivity contribution in [2.24, 2.45) is 0 Å². The van der Waals surface area contributed by atoms with Crippen LogP contribution in [0.2, 0.25) is 5.15 Å². The van der Waals surface area contributed by atoms with Gasteiger partial charge in [-0.1, -0.05) is 23.7 Å². The number of amides is 1. The molecule has 1 aromatic heterocycles. The van der Waals surface area contributed by atoms with Gasteiger partial charge in [0.2, 0.25) is 5.91 Å². The van der Waals surface area contributed by atoms with Crippen LogP contribution in [0.1, 0.15) is 5.82 Å². The van der Waals surface area contributed by atoms with Gasteiger partial charge in [-0.3, -0.25) is 9.69 Å². The van der Waals surface area contributed by atoms with Crippen LogP contribution in [0.3, 0.4) is 0 Å². The van der Waals surface area contributed by atoms with Crippen molar-refractivity contribution in [3.05, 3.63) is 47.1 Å². The first-order valence-electron chi connectivity index (χ1n) is 8.04. The summed E-state index contributed by atoms with van der Waals surface area (Å²) in [6, 6.07) is 7.89. The Balaban J connectivity index is 1.52. The molecule has 0 unspecified atom stereocenters. The molecule has 1 amide bonds. The molecule has 0 bridgehead atoms. The third-order valence-electron chi connectivity index (χ3n) is 4.00. The molecule has 0 saturated carbocycles.